The molecule has 0 spiro atoms. The van der Waals surface area contributed by atoms with Crippen LogP contribution in [0.1, 0.15) is 33.8 Å². The number of carbonyl (C=O) groups is 2. The topological polar surface area (TPSA) is 61.4 Å². The molecule has 1 aliphatic heterocycles. The molecule has 1 atom stereocenters. The van der Waals surface area contributed by atoms with Crippen molar-refractivity contribution in [1.29, 1.82) is 0 Å². The summed E-state index contributed by atoms with van der Waals surface area (Å²) in [5.41, 5.74) is 3.29. The molecule has 2 aromatic rings. The Kier molecular flexibility index (Phi) is 5.68. The number of amides is 2. The molecular formula is C21H25N3O2. The third kappa shape index (κ3) is 4.11. The van der Waals surface area contributed by atoms with Gasteiger partial charge in [0.2, 0.25) is 5.91 Å². The Morgan fingerprint density at radius 1 is 1.12 bits per heavy atom. The van der Waals surface area contributed by atoms with Crippen molar-refractivity contribution < 1.29 is 9.59 Å². The van der Waals surface area contributed by atoms with Crippen molar-refractivity contribution in [3.8, 4) is 0 Å². The van der Waals surface area contributed by atoms with Gasteiger partial charge in [0.15, 0.2) is 0 Å². The standard InChI is InChI=1S/C21H25N3O2/c1-24(2)20(25)13-15-7-3-6-10-19(15)23-21(26)18-9-5-4-8-17(18)16-11-12-22-14-16/h3-10,16,22H,11-14H2,1-2H3,(H,23,26)/t16-/m0/s1. The van der Waals surface area contributed by atoms with Crippen molar-refractivity contribution in [3.63, 3.8) is 0 Å². The zero-order chi connectivity index (χ0) is 18.5. The molecule has 5 heteroatoms. The van der Waals surface area contributed by atoms with E-state index >= 15 is 0 Å². The number of rotatable bonds is 5. The Labute approximate surface area is 154 Å². The lowest BCUT2D eigenvalue weighted by molar-refractivity contribution is -0.127. The fourth-order valence-corrected chi connectivity index (χ4v) is 3.29. The number of hydrogen-bond donors (Lipinski definition) is 2. The van der Waals surface area contributed by atoms with Gasteiger partial charge in [0.05, 0.1) is 6.42 Å². The molecule has 5 nitrogen and oxygen atoms in total. The highest BCUT2D eigenvalue weighted by atomic mass is 16.2. The Bertz CT molecular complexity index is 795. The van der Waals surface area contributed by atoms with E-state index in [2.05, 4.69) is 10.6 Å². The molecule has 1 fully saturated rings. The summed E-state index contributed by atoms with van der Waals surface area (Å²) in [6.07, 6.45) is 1.30. The number of carbonyl (C=O) groups excluding carboxylic acids is 2. The number of hydrogen-bond acceptors (Lipinski definition) is 3. The zero-order valence-corrected chi connectivity index (χ0v) is 15.3. The van der Waals surface area contributed by atoms with E-state index in [-0.39, 0.29) is 18.2 Å². The van der Waals surface area contributed by atoms with Gasteiger partial charge >= 0.3 is 0 Å². The molecule has 26 heavy (non-hydrogen) atoms. The van der Waals surface area contributed by atoms with Gasteiger partial charge in [-0.15, -0.1) is 0 Å². The molecule has 136 valence electrons. The van der Waals surface area contributed by atoms with Crippen molar-refractivity contribution >= 4 is 17.5 Å². The first-order valence-electron chi connectivity index (χ1n) is 8.95. The summed E-state index contributed by atoms with van der Waals surface area (Å²) >= 11 is 0. The summed E-state index contributed by atoms with van der Waals surface area (Å²) in [7, 11) is 3.46. The summed E-state index contributed by atoms with van der Waals surface area (Å²) in [6.45, 7) is 1.88. The van der Waals surface area contributed by atoms with Crippen LogP contribution in [0.15, 0.2) is 48.5 Å². The fraction of sp³-hybridized carbons (Fsp3) is 0.333. The molecule has 0 unspecified atom stereocenters. The quantitative estimate of drug-likeness (QED) is 0.871. The van der Waals surface area contributed by atoms with E-state index in [9.17, 15) is 9.59 Å². The van der Waals surface area contributed by atoms with E-state index in [1.54, 1.807) is 19.0 Å². The number of benzene rings is 2. The number of likely N-dealkylation sites (N-methyl/N-ethyl adjacent to an activating group) is 1. The molecule has 0 aromatic heterocycles. The first kappa shape index (κ1) is 18.1. The largest absolute Gasteiger partial charge is 0.349 e. The van der Waals surface area contributed by atoms with E-state index in [1.807, 2.05) is 48.5 Å². The Balaban J connectivity index is 1.82. The highest BCUT2D eigenvalue weighted by Crippen LogP contribution is 2.26. The van der Waals surface area contributed by atoms with Gasteiger partial charge in [-0.1, -0.05) is 36.4 Å². The fourth-order valence-electron chi connectivity index (χ4n) is 3.29. The summed E-state index contributed by atoms with van der Waals surface area (Å²) in [5.74, 6) is 0.240. The third-order valence-electron chi connectivity index (χ3n) is 4.81. The van der Waals surface area contributed by atoms with Gasteiger partial charge in [-0.3, -0.25) is 9.59 Å². The van der Waals surface area contributed by atoms with Gasteiger partial charge in [-0.2, -0.15) is 0 Å². The molecule has 1 heterocycles. The molecule has 0 aliphatic carbocycles. The SMILES string of the molecule is CN(C)C(=O)Cc1ccccc1NC(=O)c1ccccc1[C@H]1CCNC1. The van der Waals surface area contributed by atoms with Gasteiger partial charge in [-0.05, 0) is 42.1 Å². The van der Waals surface area contributed by atoms with Crippen LogP contribution in [-0.4, -0.2) is 43.9 Å². The van der Waals surface area contributed by atoms with Crippen LogP contribution in [-0.2, 0) is 11.2 Å². The predicted octanol–water partition coefficient (Wildman–Crippen LogP) is 2.65. The van der Waals surface area contributed by atoms with Gasteiger partial charge in [0.25, 0.3) is 5.91 Å². The van der Waals surface area contributed by atoms with E-state index < -0.39 is 0 Å². The van der Waals surface area contributed by atoms with Crippen LogP contribution in [0.3, 0.4) is 0 Å². The molecule has 1 aliphatic rings. The van der Waals surface area contributed by atoms with Crippen LogP contribution in [0.4, 0.5) is 5.69 Å². The lowest BCUT2D eigenvalue weighted by Gasteiger charge is -2.17. The maximum absolute atomic E-state index is 12.9. The second-order valence-electron chi connectivity index (χ2n) is 6.85. The van der Waals surface area contributed by atoms with Crippen molar-refractivity contribution in [2.45, 2.75) is 18.8 Å². The third-order valence-corrected chi connectivity index (χ3v) is 4.81. The van der Waals surface area contributed by atoms with Gasteiger partial charge < -0.3 is 15.5 Å². The molecule has 2 aromatic carbocycles. The molecule has 0 bridgehead atoms. The number of nitrogens with zero attached hydrogens (tertiary/aromatic N) is 1. The lowest BCUT2D eigenvalue weighted by atomic mass is 9.93. The second kappa shape index (κ2) is 8.15. The average molecular weight is 351 g/mol. The number of nitrogens with one attached hydrogen (secondary N) is 2. The van der Waals surface area contributed by atoms with Gasteiger partial charge in [0, 0.05) is 31.9 Å². The Morgan fingerprint density at radius 2 is 1.85 bits per heavy atom. The highest BCUT2D eigenvalue weighted by Gasteiger charge is 2.22. The molecule has 2 N–H and O–H groups in total. The van der Waals surface area contributed by atoms with Crippen LogP contribution in [0, 0.1) is 0 Å². The summed E-state index contributed by atoms with van der Waals surface area (Å²) in [4.78, 5) is 26.5. The minimum absolute atomic E-state index is 0.00382. The van der Waals surface area contributed by atoms with Crippen LogP contribution in [0.5, 0.6) is 0 Å². The minimum atomic E-state index is -0.128. The Hall–Kier alpha value is -2.66. The van der Waals surface area contributed by atoms with Crippen LogP contribution in [0.2, 0.25) is 0 Å². The molecular weight excluding hydrogens is 326 g/mol. The second-order valence-corrected chi connectivity index (χ2v) is 6.85. The van der Waals surface area contributed by atoms with Crippen molar-refractivity contribution in [3.05, 3.63) is 65.2 Å². The lowest BCUT2D eigenvalue weighted by Crippen LogP contribution is -2.24. The molecule has 2 amide bonds. The smallest absolute Gasteiger partial charge is 0.255 e. The Morgan fingerprint density at radius 3 is 2.58 bits per heavy atom. The predicted molar refractivity (Wildman–Crippen MR) is 103 cm³/mol. The maximum atomic E-state index is 12.9. The summed E-state index contributed by atoms with van der Waals surface area (Å²) in [5, 5.41) is 6.36. The molecule has 3 rings (SSSR count). The maximum Gasteiger partial charge on any atom is 0.255 e. The highest BCUT2D eigenvalue weighted by molar-refractivity contribution is 6.06. The van der Waals surface area contributed by atoms with Crippen LogP contribution >= 0.6 is 0 Å². The summed E-state index contributed by atoms with van der Waals surface area (Å²) in [6, 6.07) is 15.2. The van der Waals surface area contributed by atoms with Crippen molar-refractivity contribution in [2.75, 3.05) is 32.5 Å². The monoisotopic (exact) mass is 351 g/mol. The van der Waals surface area contributed by atoms with Crippen LogP contribution < -0.4 is 10.6 Å². The van der Waals surface area contributed by atoms with Gasteiger partial charge in [0.1, 0.15) is 0 Å². The van der Waals surface area contributed by atoms with Crippen molar-refractivity contribution in [1.82, 2.24) is 10.2 Å². The first-order valence-corrected chi connectivity index (χ1v) is 8.95. The molecule has 1 saturated heterocycles. The molecule has 0 radical (unpaired) electrons. The van der Waals surface area contributed by atoms with Crippen LogP contribution in [0.25, 0.3) is 0 Å². The minimum Gasteiger partial charge on any atom is -0.349 e. The molecule has 0 saturated carbocycles. The number of anilines is 1. The van der Waals surface area contributed by atoms with E-state index in [0.29, 0.717) is 17.2 Å². The zero-order valence-electron chi connectivity index (χ0n) is 15.3. The van der Waals surface area contributed by atoms with E-state index in [0.717, 1.165) is 30.6 Å². The first-order chi connectivity index (χ1) is 12.6. The van der Waals surface area contributed by atoms with E-state index in [4.69, 9.17) is 0 Å². The number of para-hydroxylation sites is 1. The average Bonchev–Trinajstić information content (AvgIpc) is 3.17. The van der Waals surface area contributed by atoms with E-state index in [1.165, 1.54) is 0 Å². The summed E-state index contributed by atoms with van der Waals surface area (Å²) < 4.78 is 0. The van der Waals surface area contributed by atoms with Gasteiger partial charge in [-0.25, -0.2) is 0 Å². The normalized spacial score (nSPS) is 16.3. The van der Waals surface area contributed by atoms with Crippen molar-refractivity contribution in [2.24, 2.45) is 0 Å².